The van der Waals surface area contributed by atoms with Crippen LogP contribution in [0.3, 0.4) is 0 Å². The van der Waals surface area contributed by atoms with E-state index in [1.165, 1.54) is 10.9 Å². The van der Waals surface area contributed by atoms with Crippen LogP contribution in [-0.4, -0.2) is 15.3 Å². The lowest BCUT2D eigenvalue weighted by Crippen LogP contribution is -2.24. The molecule has 0 atom stereocenters. The normalized spacial score (nSPS) is 10.6. The van der Waals surface area contributed by atoms with Crippen LogP contribution in [0.25, 0.3) is 10.9 Å². The summed E-state index contributed by atoms with van der Waals surface area (Å²) < 4.78 is 1.38. The van der Waals surface area contributed by atoms with Gasteiger partial charge in [0.05, 0.1) is 23.8 Å². The van der Waals surface area contributed by atoms with Gasteiger partial charge in [-0.15, -0.1) is 0 Å². The van der Waals surface area contributed by atoms with Crippen molar-refractivity contribution in [3.8, 4) is 0 Å². The third kappa shape index (κ3) is 2.41. The number of hydrogen-bond donors (Lipinski definition) is 0. The zero-order valence-corrected chi connectivity index (χ0v) is 9.72. The Morgan fingerprint density at radius 2 is 2.12 bits per heavy atom. The van der Waals surface area contributed by atoms with E-state index in [1.807, 2.05) is 13.0 Å². The van der Waals surface area contributed by atoms with Gasteiger partial charge >= 0.3 is 0 Å². The van der Waals surface area contributed by atoms with Gasteiger partial charge in [-0.2, -0.15) is 0 Å². The van der Waals surface area contributed by atoms with Crippen molar-refractivity contribution in [1.82, 2.24) is 9.55 Å². The van der Waals surface area contributed by atoms with Crippen molar-refractivity contribution in [2.24, 2.45) is 0 Å². The number of benzene rings is 1. The Morgan fingerprint density at radius 1 is 1.35 bits per heavy atom. The van der Waals surface area contributed by atoms with Gasteiger partial charge in [-0.3, -0.25) is 14.2 Å². The molecule has 4 heteroatoms. The number of carbonyl (C=O) groups is 1. The number of carbonyl (C=O) groups excluding carboxylic acids is 1. The molecule has 1 aromatic carbocycles. The van der Waals surface area contributed by atoms with Crippen LogP contribution in [0.1, 0.15) is 19.8 Å². The van der Waals surface area contributed by atoms with Gasteiger partial charge in [-0.1, -0.05) is 19.1 Å². The zero-order valence-electron chi connectivity index (χ0n) is 9.72. The van der Waals surface area contributed by atoms with Gasteiger partial charge < -0.3 is 0 Å². The molecule has 0 amide bonds. The number of rotatable bonds is 4. The summed E-state index contributed by atoms with van der Waals surface area (Å²) in [5.41, 5.74) is 0.511. The summed E-state index contributed by atoms with van der Waals surface area (Å²) in [7, 11) is 0. The van der Waals surface area contributed by atoms with Crippen molar-refractivity contribution in [2.45, 2.75) is 26.3 Å². The minimum Gasteiger partial charge on any atom is -0.298 e. The van der Waals surface area contributed by atoms with Crippen LogP contribution in [0.4, 0.5) is 0 Å². The van der Waals surface area contributed by atoms with Crippen molar-refractivity contribution < 1.29 is 4.79 Å². The van der Waals surface area contributed by atoms with E-state index in [9.17, 15) is 9.59 Å². The average Bonchev–Trinajstić information content (AvgIpc) is 2.33. The highest BCUT2D eigenvalue weighted by atomic mass is 16.1. The van der Waals surface area contributed by atoms with Gasteiger partial charge in [0.15, 0.2) is 5.78 Å². The summed E-state index contributed by atoms with van der Waals surface area (Å²) in [6.45, 7) is 2.06. The van der Waals surface area contributed by atoms with Crippen LogP contribution in [0.2, 0.25) is 0 Å². The van der Waals surface area contributed by atoms with Crippen LogP contribution in [0.15, 0.2) is 35.4 Å². The maximum Gasteiger partial charge on any atom is 0.261 e. The highest BCUT2D eigenvalue weighted by molar-refractivity contribution is 5.79. The van der Waals surface area contributed by atoms with Gasteiger partial charge in [0.1, 0.15) is 0 Å². The molecule has 0 N–H and O–H groups in total. The van der Waals surface area contributed by atoms with E-state index in [1.54, 1.807) is 18.2 Å². The third-order valence-electron chi connectivity index (χ3n) is 2.61. The number of Topliss-reactive ketones (excluding diaryl/α,β-unsaturated/α-hetero) is 1. The molecule has 4 nitrogen and oxygen atoms in total. The molecule has 0 unspecified atom stereocenters. The smallest absolute Gasteiger partial charge is 0.261 e. The minimum atomic E-state index is -0.153. The Hall–Kier alpha value is -1.97. The molecule has 0 radical (unpaired) electrons. The fourth-order valence-corrected chi connectivity index (χ4v) is 1.77. The summed E-state index contributed by atoms with van der Waals surface area (Å²) >= 11 is 0. The lowest BCUT2D eigenvalue weighted by molar-refractivity contribution is -0.119. The summed E-state index contributed by atoms with van der Waals surface area (Å²) in [4.78, 5) is 27.7. The van der Waals surface area contributed by atoms with Crippen molar-refractivity contribution >= 4 is 16.7 Å². The fourth-order valence-electron chi connectivity index (χ4n) is 1.77. The van der Waals surface area contributed by atoms with Crippen molar-refractivity contribution in [3.05, 3.63) is 40.9 Å². The SMILES string of the molecule is CCCC(=O)Cn1cnc2ccccc2c1=O. The van der Waals surface area contributed by atoms with E-state index in [2.05, 4.69) is 4.98 Å². The van der Waals surface area contributed by atoms with E-state index < -0.39 is 0 Å². The number of fused-ring (bicyclic) bond motifs is 1. The Bertz CT molecular complexity index is 602. The molecule has 0 aliphatic rings. The van der Waals surface area contributed by atoms with Crippen molar-refractivity contribution in [1.29, 1.82) is 0 Å². The number of aromatic nitrogens is 2. The van der Waals surface area contributed by atoms with Crippen molar-refractivity contribution in [2.75, 3.05) is 0 Å². The predicted octanol–water partition coefficient (Wildman–Crippen LogP) is 1.77. The highest BCUT2D eigenvalue weighted by Crippen LogP contribution is 2.04. The average molecular weight is 230 g/mol. The quantitative estimate of drug-likeness (QED) is 0.804. The maximum absolute atomic E-state index is 12.0. The third-order valence-corrected chi connectivity index (χ3v) is 2.61. The molecule has 17 heavy (non-hydrogen) atoms. The second-order valence-corrected chi connectivity index (χ2v) is 3.98. The Balaban J connectivity index is 2.39. The summed E-state index contributed by atoms with van der Waals surface area (Å²) in [6, 6.07) is 7.14. The van der Waals surface area contributed by atoms with Gasteiger partial charge in [-0.05, 0) is 18.6 Å². The molecule has 0 saturated carbocycles. The lowest BCUT2D eigenvalue weighted by atomic mass is 10.2. The predicted molar refractivity (Wildman–Crippen MR) is 65.9 cm³/mol. The summed E-state index contributed by atoms with van der Waals surface area (Å²) in [5.74, 6) is 0.0617. The number of ketones is 1. The molecule has 88 valence electrons. The largest absolute Gasteiger partial charge is 0.298 e. The molecule has 0 bridgehead atoms. The van der Waals surface area contributed by atoms with Gasteiger partial charge in [0, 0.05) is 6.42 Å². The second-order valence-electron chi connectivity index (χ2n) is 3.98. The molecule has 0 aliphatic carbocycles. The van der Waals surface area contributed by atoms with Gasteiger partial charge in [-0.25, -0.2) is 4.98 Å². The zero-order chi connectivity index (χ0) is 12.3. The molecular formula is C13H14N2O2. The van der Waals surface area contributed by atoms with Crippen LogP contribution in [-0.2, 0) is 11.3 Å². The topological polar surface area (TPSA) is 52.0 Å². The molecular weight excluding hydrogens is 216 g/mol. The first-order chi connectivity index (χ1) is 8.22. The van der Waals surface area contributed by atoms with E-state index in [-0.39, 0.29) is 17.9 Å². The molecule has 0 saturated heterocycles. The molecule has 0 spiro atoms. The van der Waals surface area contributed by atoms with Gasteiger partial charge in [0.25, 0.3) is 5.56 Å². The first-order valence-electron chi connectivity index (χ1n) is 5.68. The van der Waals surface area contributed by atoms with Crippen molar-refractivity contribution in [3.63, 3.8) is 0 Å². The molecule has 1 heterocycles. The van der Waals surface area contributed by atoms with Crippen LogP contribution in [0.5, 0.6) is 0 Å². The second kappa shape index (κ2) is 4.91. The first kappa shape index (κ1) is 11.5. The summed E-state index contributed by atoms with van der Waals surface area (Å²) in [6.07, 6.45) is 2.74. The lowest BCUT2D eigenvalue weighted by Gasteiger charge is -2.05. The van der Waals surface area contributed by atoms with E-state index in [0.717, 1.165) is 6.42 Å². The summed E-state index contributed by atoms with van der Waals surface area (Å²) in [5, 5.41) is 0.555. The van der Waals surface area contributed by atoms with Crippen LogP contribution >= 0.6 is 0 Å². The minimum absolute atomic E-state index is 0.0617. The molecule has 2 aromatic rings. The Labute approximate surface area is 98.9 Å². The molecule has 2 rings (SSSR count). The Kier molecular flexibility index (Phi) is 3.32. The number of para-hydroxylation sites is 1. The van der Waals surface area contributed by atoms with Crippen LogP contribution < -0.4 is 5.56 Å². The molecule has 0 fully saturated rings. The molecule has 1 aromatic heterocycles. The van der Waals surface area contributed by atoms with E-state index >= 15 is 0 Å². The Morgan fingerprint density at radius 3 is 2.88 bits per heavy atom. The monoisotopic (exact) mass is 230 g/mol. The fraction of sp³-hybridized carbons (Fsp3) is 0.308. The van der Waals surface area contributed by atoms with E-state index in [4.69, 9.17) is 0 Å². The molecule has 0 aliphatic heterocycles. The number of hydrogen-bond acceptors (Lipinski definition) is 3. The highest BCUT2D eigenvalue weighted by Gasteiger charge is 2.06. The van der Waals surface area contributed by atoms with Crippen LogP contribution in [0, 0.1) is 0 Å². The standard InChI is InChI=1S/C13H14N2O2/c1-2-5-10(16)8-15-9-14-12-7-4-3-6-11(12)13(15)17/h3-4,6-7,9H,2,5,8H2,1H3. The first-order valence-corrected chi connectivity index (χ1v) is 5.68. The number of nitrogens with zero attached hydrogens (tertiary/aromatic N) is 2. The van der Waals surface area contributed by atoms with Gasteiger partial charge in [0.2, 0.25) is 0 Å². The van der Waals surface area contributed by atoms with E-state index in [0.29, 0.717) is 17.3 Å². The maximum atomic E-state index is 12.0.